The number of nitrogens with one attached hydrogen (secondary N) is 1. The molecule has 2 aromatic heterocycles. The normalized spacial score (nSPS) is 18.0. The Labute approximate surface area is 171 Å². The van der Waals surface area contributed by atoms with Crippen molar-refractivity contribution >= 4 is 27.5 Å². The number of pyridine rings is 1. The molecule has 148 valence electrons. The molecule has 4 nitrogen and oxygen atoms in total. The highest BCUT2D eigenvalue weighted by Crippen LogP contribution is 2.22. The van der Waals surface area contributed by atoms with Crippen molar-refractivity contribution in [2.24, 2.45) is 0 Å². The number of carbonyl (C=O) groups is 1. The number of rotatable bonds is 2. The summed E-state index contributed by atoms with van der Waals surface area (Å²) in [4.78, 5) is 17.8. The second kappa shape index (κ2) is 9.72. The zero-order chi connectivity index (χ0) is 19.2. The van der Waals surface area contributed by atoms with Crippen LogP contribution in [0.1, 0.15) is 92.4 Å². The van der Waals surface area contributed by atoms with E-state index in [1.54, 1.807) is 0 Å². The molecule has 1 aliphatic carbocycles. The van der Waals surface area contributed by atoms with Crippen LogP contribution in [0.15, 0.2) is 16.7 Å². The maximum Gasteiger partial charge on any atom is 0.270 e. The van der Waals surface area contributed by atoms with Crippen molar-refractivity contribution in [3.05, 3.63) is 33.7 Å². The van der Waals surface area contributed by atoms with Crippen LogP contribution in [0.5, 0.6) is 0 Å². The zero-order valence-corrected chi connectivity index (χ0v) is 18.3. The summed E-state index contributed by atoms with van der Waals surface area (Å²) in [6.07, 6.45) is 15.9. The van der Waals surface area contributed by atoms with Gasteiger partial charge in [-0.05, 0) is 54.2 Å². The predicted molar refractivity (Wildman–Crippen MR) is 114 cm³/mol. The molecular weight excluding hydrogens is 402 g/mol. The van der Waals surface area contributed by atoms with Gasteiger partial charge in [-0.3, -0.25) is 9.20 Å². The van der Waals surface area contributed by atoms with E-state index in [0.717, 1.165) is 34.2 Å². The van der Waals surface area contributed by atoms with E-state index in [4.69, 9.17) is 0 Å². The second-order valence-corrected chi connectivity index (χ2v) is 8.93. The number of aryl methyl sites for hydroxylation is 2. The molecule has 1 N–H and O–H groups in total. The summed E-state index contributed by atoms with van der Waals surface area (Å²) in [5.41, 5.74) is 3.39. The molecule has 0 radical (unpaired) electrons. The minimum Gasteiger partial charge on any atom is -0.348 e. The lowest BCUT2D eigenvalue weighted by Crippen LogP contribution is -2.36. The van der Waals surface area contributed by atoms with Crippen molar-refractivity contribution in [3.63, 3.8) is 0 Å². The Bertz CT molecular complexity index is 771. The molecule has 2 heterocycles. The molecule has 5 heteroatoms. The fourth-order valence-electron chi connectivity index (χ4n) is 4.22. The first-order chi connectivity index (χ1) is 13.1. The lowest BCUT2D eigenvalue weighted by molar-refractivity contribution is 0.0924. The molecule has 0 aliphatic heterocycles. The summed E-state index contributed by atoms with van der Waals surface area (Å²) >= 11 is 3.54. The van der Waals surface area contributed by atoms with Crippen LogP contribution in [0.3, 0.4) is 0 Å². The van der Waals surface area contributed by atoms with Crippen LogP contribution in [-0.2, 0) is 0 Å². The molecule has 27 heavy (non-hydrogen) atoms. The second-order valence-electron chi connectivity index (χ2n) is 8.01. The van der Waals surface area contributed by atoms with Crippen molar-refractivity contribution in [3.8, 4) is 0 Å². The van der Waals surface area contributed by atoms with Crippen molar-refractivity contribution in [1.29, 1.82) is 0 Å². The van der Waals surface area contributed by atoms with E-state index in [9.17, 15) is 4.79 Å². The monoisotopic (exact) mass is 433 g/mol. The minimum absolute atomic E-state index is 0.00888. The summed E-state index contributed by atoms with van der Waals surface area (Å²) in [6, 6.07) is 2.31. The highest BCUT2D eigenvalue weighted by atomic mass is 79.9. The Kier molecular flexibility index (Phi) is 7.33. The van der Waals surface area contributed by atoms with Gasteiger partial charge in [0.25, 0.3) is 5.91 Å². The molecule has 0 saturated heterocycles. The van der Waals surface area contributed by atoms with Crippen molar-refractivity contribution in [2.45, 2.75) is 90.5 Å². The predicted octanol–water partition coefficient (Wildman–Crippen LogP) is 6.12. The van der Waals surface area contributed by atoms with Crippen molar-refractivity contribution in [2.75, 3.05) is 0 Å². The Morgan fingerprint density at radius 1 is 1.04 bits per heavy atom. The number of fused-ring (bicyclic) bond motifs is 1. The Balaban J connectivity index is 1.74. The molecule has 0 aromatic carbocycles. The maximum absolute atomic E-state index is 13.1. The average molecular weight is 434 g/mol. The number of carbonyl (C=O) groups excluding carboxylic acids is 1. The number of amides is 1. The van der Waals surface area contributed by atoms with E-state index >= 15 is 0 Å². The van der Waals surface area contributed by atoms with Crippen LogP contribution in [0, 0.1) is 13.8 Å². The van der Waals surface area contributed by atoms with Crippen LogP contribution >= 0.6 is 15.9 Å². The number of hydrogen-bond donors (Lipinski definition) is 1. The van der Waals surface area contributed by atoms with Gasteiger partial charge in [0.05, 0.1) is 5.69 Å². The van der Waals surface area contributed by atoms with Gasteiger partial charge in [0, 0.05) is 16.7 Å². The third kappa shape index (κ3) is 5.34. The fraction of sp³-hybridized carbons (Fsp3) is 0.636. The molecule has 0 bridgehead atoms. The molecule has 3 rings (SSSR count). The van der Waals surface area contributed by atoms with E-state index < -0.39 is 0 Å². The molecule has 0 unspecified atom stereocenters. The van der Waals surface area contributed by atoms with Crippen LogP contribution < -0.4 is 5.32 Å². The standard InChI is InChI=1S/C22H32BrN3O/c1-16-14-18(23)15-26-20(17(2)24-21(16)26)22(27)25-19-12-10-8-6-4-3-5-7-9-11-13-19/h14-15,19H,3-13H2,1-2H3,(H,25,27). The van der Waals surface area contributed by atoms with Crippen LogP contribution in [0.25, 0.3) is 5.65 Å². The molecule has 0 spiro atoms. The molecule has 1 saturated carbocycles. The van der Waals surface area contributed by atoms with E-state index in [2.05, 4.69) is 26.2 Å². The van der Waals surface area contributed by atoms with Gasteiger partial charge in [0.1, 0.15) is 11.3 Å². The maximum atomic E-state index is 13.1. The lowest BCUT2D eigenvalue weighted by Gasteiger charge is -2.20. The number of imidazole rings is 1. The van der Waals surface area contributed by atoms with E-state index in [1.807, 2.05) is 30.5 Å². The number of nitrogens with zero attached hydrogens (tertiary/aromatic N) is 2. The van der Waals surface area contributed by atoms with Gasteiger partial charge in [-0.2, -0.15) is 0 Å². The molecule has 1 amide bonds. The van der Waals surface area contributed by atoms with Crippen molar-refractivity contribution < 1.29 is 4.79 Å². The number of aromatic nitrogens is 2. The molecular formula is C22H32BrN3O. The first-order valence-electron chi connectivity index (χ1n) is 10.5. The van der Waals surface area contributed by atoms with Gasteiger partial charge in [0.15, 0.2) is 0 Å². The van der Waals surface area contributed by atoms with Gasteiger partial charge < -0.3 is 5.32 Å². The Morgan fingerprint density at radius 2 is 1.59 bits per heavy atom. The highest BCUT2D eigenvalue weighted by molar-refractivity contribution is 9.10. The number of hydrogen-bond acceptors (Lipinski definition) is 2. The summed E-state index contributed by atoms with van der Waals surface area (Å²) in [6.45, 7) is 3.96. The Morgan fingerprint density at radius 3 is 2.19 bits per heavy atom. The number of halogens is 1. The molecule has 2 aromatic rings. The first-order valence-corrected chi connectivity index (χ1v) is 11.3. The van der Waals surface area contributed by atoms with E-state index in [-0.39, 0.29) is 11.9 Å². The molecule has 1 fully saturated rings. The molecule has 0 atom stereocenters. The van der Waals surface area contributed by atoms with Crippen LogP contribution in [0.2, 0.25) is 0 Å². The average Bonchev–Trinajstić information content (AvgIpc) is 2.93. The quantitative estimate of drug-likeness (QED) is 0.619. The first kappa shape index (κ1) is 20.4. The SMILES string of the molecule is Cc1nc2c(C)cc(Br)cn2c1C(=O)NC1CCCCCCCCCCC1. The molecule has 1 aliphatic rings. The van der Waals surface area contributed by atoms with Gasteiger partial charge in [-0.1, -0.05) is 57.8 Å². The topological polar surface area (TPSA) is 46.4 Å². The Hall–Kier alpha value is -1.36. The third-order valence-electron chi connectivity index (χ3n) is 5.70. The highest BCUT2D eigenvalue weighted by Gasteiger charge is 2.21. The van der Waals surface area contributed by atoms with E-state index in [1.165, 1.54) is 57.8 Å². The van der Waals surface area contributed by atoms with E-state index in [0.29, 0.717) is 5.69 Å². The lowest BCUT2D eigenvalue weighted by atomic mass is 9.98. The van der Waals surface area contributed by atoms with Gasteiger partial charge in [0.2, 0.25) is 0 Å². The summed E-state index contributed by atoms with van der Waals surface area (Å²) in [7, 11) is 0. The van der Waals surface area contributed by atoms with Crippen molar-refractivity contribution in [1.82, 2.24) is 14.7 Å². The summed E-state index contributed by atoms with van der Waals surface area (Å²) in [5.74, 6) is 0.00888. The largest absolute Gasteiger partial charge is 0.348 e. The zero-order valence-electron chi connectivity index (χ0n) is 16.7. The summed E-state index contributed by atoms with van der Waals surface area (Å²) in [5, 5.41) is 3.33. The van der Waals surface area contributed by atoms with Gasteiger partial charge >= 0.3 is 0 Å². The third-order valence-corrected chi connectivity index (χ3v) is 6.13. The van der Waals surface area contributed by atoms with Crippen LogP contribution in [-0.4, -0.2) is 21.3 Å². The fourth-order valence-corrected chi connectivity index (χ4v) is 4.76. The minimum atomic E-state index is 0.00888. The van der Waals surface area contributed by atoms with Crippen LogP contribution in [0.4, 0.5) is 0 Å². The summed E-state index contributed by atoms with van der Waals surface area (Å²) < 4.78 is 2.89. The van der Waals surface area contributed by atoms with Gasteiger partial charge in [-0.25, -0.2) is 4.98 Å². The van der Waals surface area contributed by atoms with Gasteiger partial charge in [-0.15, -0.1) is 0 Å². The smallest absolute Gasteiger partial charge is 0.270 e.